The van der Waals surface area contributed by atoms with Gasteiger partial charge in [0, 0.05) is 26.2 Å². The molecule has 0 saturated carbocycles. The van der Waals surface area contributed by atoms with Crippen molar-refractivity contribution in [2.24, 2.45) is 0 Å². The normalized spacial score (nSPS) is 15.6. The number of hydrogen-bond acceptors (Lipinski definition) is 6. The molecule has 0 bridgehead atoms. The van der Waals surface area contributed by atoms with Crippen LogP contribution in [0.3, 0.4) is 0 Å². The molecule has 27 heavy (non-hydrogen) atoms. The van der Waals surface area contributed by atoms with Crippen molar-refractivity contribution in [2.75, 3.05) is 26.2 Å². The molecule has 1 aliphatic rings. The first-order valence-corrected chi connectivity index (χ1v) is 8.63. The Labute approximate surface area is 155 Å². The molecule has 1 unspecified atom stereocenters. The third kappa shape index (κ3) is 3.43. The number of aromatic nitrogens is 4. The summed E-state index contributed by atoms with van der Waals surface area (Å²) in [5.74, 6) is 0.0522. The highest BCUT2D eigenvalue weighted by Crippen LogP contribution is 2.21. The zero-order chi connectivity index (χ0) is 18.6. The number of hydrogen-bond donors (Lipinski definition) is 0. The molecule has 1 saturated heterocycles. The summed E-state index contributed by atoms with van der Waals surface area (Å²) >= 11 is 0. The van der Waals surface area contributed by atoms with E-state index < -0.39 is 6.04 Å². The van der Waals surface area contributed by atoms with Gasteiger partial charge >= 0.3 is 0 Å². The Morgan fingerprint density at radius 1 is 0.963 bits per heavy atom. The summed E-state index contributed by atoms with van der Waals surface area (Å²) in [6, 6.07) is 12.1. The Morgan fingerprint density at radius 3 is 2.33 bits per heavy atom. The van der Waals surface area contributed by atoms with Crippen LogP contribution in [0, 0.1) is 0 Å². The largest absolute Gasteiger partial charge is 0.459 e. The third-order valence-electron chi connectivity index (χ3n) is 4.59. The number of piperazine rings is 1. The number of furan rings is 1. The lowest BCUT2D eigenvalue weighted by atomic mass is 10.1. The molecule has 9 heteroatoms. The van der Waals surface area contributed by atoms with Crippen molar-refractivity contribution in [3.63, 3.8) is 0 Å². The first-order chi connectivity index (χ1) is 13.2. The maximum Gasteiger partial charge on any atom is 0.289 e. The molecular weight excluding hydrogens is 348 g/mol. The molecule has 1 aliphatic heterocycles. The van der Waals surface area contributed by atoms with Gasteiger partial charge in [0.05, 0.1) is 6.26 Å². The van der Waals surface area contributed by atoms with Crippen LogP contribution >= 0.6 is 0 Å². The second-order valence-corrected chi connectivity index (χ2v) is 6.20. The van der Waals surface area contributed by atoms with E-state index in [1.165, 1.54) is 17.3 Å². The first-order valence-electron chi connectivity index (χ1n) is 8.63. The van der Waals surface area contributed by atoms with E-state index >= 15 is 0 Å². The first kappa shape index (κ1) is 17.0. The van der Waals surface area contributed by atoms with Crippen LogP contribution in [-0.2, 0) is 4.79 Å². The fourth-order valence-corrected chi connectivity index (χ4v) is 3.19. The van der Waals surface area contributed by atoms with Crippen molar-refractivity contribution in [1.29, 1.82) is 0 Å². The maximum absolute atomic E-state index is 13.2. The van der Waals surface area contributed by atoms with E-state index in [4.69, 9.17) is 4.42 Å². The van der Waals surface area contributed by atoms with Gasteiger partial charge in [0.2, 0.25) is 0 Å². The zero-order valence-corrected chi connectivity index (χ0v) is 14.5. The lowest BCUT2D eigenvalue weighted by Crippen LogP contribution is -2.52. The summed E-state index contributed by atoms with van der Waals surface area (Å²) in [5, 5.41) is 11.2. The third-order valence-corrected chi connectivity index (χ3v) is 4.59. The smallest absolute Gasteiger partial charge is 0.289 e. The number of rotatable bonds is 4. The molecule has 9 nitrogen and oxygen atoms in total. The number of carbonyl (C=O) groups is 2. The highest BCUT2D eigenvalue weighted by Gasteiger charge is 2.32. The minimum atomic E-state index is -0.631. The van der Waals surface area contributed by atoms with Gasteiger partial charge in [0.15, 0.2) is 11.8 Å². The van der Waals surface area contributed by atoms with Gasteiger partial charge in [0.25, 0.3) is 11.8 Å². The molecule has 2 aromatic heterocycles. The average Bonchev–Trinajstić information content (AvgIpc) is 3.43. The summed E-state index contributed by atoms with van der Waals surface area (Å²) in [7, 11) is 0. The van der Waals surface area contributed by atoms with Crippen LogP contribution in [0.1, 0.15) is 22.2 Å². The highest BCUT2D eigenvalue weighted by molar-refractivity contribution is 5.91. The summed E-state index contributed by atoms with van der Waals surface area (Å²) in [6.45, 7) is 1.78. The molecule has 2 amide bonds. The fraction of sp³-hybridized carbons (Fsp3) is 0.278. The van der Waals surface area contributed by atoms with Crippen molar-refractivity contribution in [1.82, 2.24) is 30.0 Å². The van der Waals surface area contributed by atoms with E-state index in [0.717, 1.165) is 5.56 Å². The van der Waals surface area contributed by atoms with Crippen LogP contribution in [0.15, 0.2) is 59.5 Å². The predicted octanol–water partition coefficient (Wildman–Crippen LogP) is 0.840. The molecule has 0 aliphatic carbocycles. The molecule has 1 atom stereocenters. The lowest BCUT2D eigenvalue weighted by molar-refractivity contribution is -0.135. The second kappa shape index (κ2) is 7.40. The molecule has 0 N–H and O–H groups in total. The Kier molecular flexibility index (Phi) is 4.65. The molecule has 1 aromatic carbocycles. The Hall–Kier alpha value is -3.49. The van der Waals surface area contributed by atoms with E-state index in [0.29, 0.717) is 31.9 Å². The SMILES string of the molecule is O=C(c1ccco1)N1CCN(C(=O)C(c2ccccc2)n2cnnn2)CC1. The van der Waals surface area contributed by atoms with E-state index in [2.05, 4.69) is 15.5 Å². The van der Waals surface area contributed by atoms with Crippen LogP contribution in [0.2, 0.25) is 0 Å². The summed E-state index contributed by atoms with van der Waals surface area (Å²) in [6.07, 6.45) is 2.91. The van der Waals surface area contributed by atoms with Gasteiger partial charge in [-0.2, -0.15) is 0 Å². The Bertz CT molecular complexity index is 887. The molecule has 3 heterocycles. The summed E-state index contributed by atoms with van der Waals surface area (Å²) in [4.78, 5) is 29.0. The summed E-state index contributed by atoms with van der Waals surface area (Å²) in [5.41, 5.74) is 0.809. The number of tetrazole rings is 1. The Balaban J connectivity index is 1.48. The van der Waals surface area contributed by atoms with E-state index in [-0.39, 0.29) is 11.8 Å². The minimum absolute atomic E-state index is 0.0985. The lowest BCUT2D eigenvalue weighted by Gasteiger charge is -2.36. The van der Waals surface area contributed by atoms with Crippen molar-refractivity contribution in [3.05, 3.63) is 66.4 Å². The van der Waals surface area contributed by atoms with Crippen molar-refractivity contribution >= 4 is 11.8 Å². The van der Waals surface area contributed by atoms with Gasteiger partial charge in [-0.05, 0) is 28.1 Å². The van der Waals surface area contributed by atoms with Crippen molar-refractivity contribution in [2.45, 2.75) is 6.04 Å². The van der Waals surface area contributed by atoms with Crippen molar-refractivity contribution in [3.8, 4) is 0 Å². The van der Waals surface area contributed by atoms with Gasteiger partial charge in [-0.25, -0.2) is 4.68 Å². The number of benzene rings is 1. The summed E-state index contributed by atoms with van der Waals surface area (Å²) < 4.78 is 6.63. The topological polar surface area (TPSA) is 97.4 Å². The molecule has 4 rings (SSSR count). The van der Waals surface area contributed by atoms with Crippen LogP contribution in [0.4, 0.5) is 0 Å². The van der Waals surface area contributed by atoms with Crippen LogP contribution in [0.25, 0.3) is 0 Å². The van der Waals surface area contributed by atoms with Gasteiger partial charge < -0.3 is 14.2 Å². The standard InChI is InChI=1S/C18H18N6O3/c25-17(15-7-4-12-27-15)22-8-10-23(11-9-22)18(26)16(24-13-19-20-21-24)14-5-2-1-3-6-14/h1-7,12-13,16H,8-11H2. The molecule has 3 aromatic rings. The van der Waals surface area contributed by atoms with Crippen LogP contribution < -0.4 is 0 Å². The zero-order valence-electron chi connectivity index (χ0n) is 14.5. The monoisotopic (exact) mass is 366 g/mol. The van der Waals surface area contributed by atoms with Gasteiger partial charge in [-0.15, -0.1) is 5.10 Å². The van der Waals surface area contributed by atoms with Gasteiger partial charge in [-0.3, -0.25) is 9.59 Å². The number of nitrogens with zero attached hydrogens (tertiary/aromatic N) is 6. The van der Waals surface area contributed by atoms with Crippen molar-refractivity contribution < 1.29 is 14.0 Å². The fourth-order valence-electron chi connectivity index (χ4n) is 3.19. The molecule has 1 fully saturated rings. The average molecular weight is 366 g/mol. The quantitative estimate of drug-likeness (QED) is 0.679. The minimum Gasteiger partial charge on any atom is -0.459 e. The number of carbonyl (C=O) groups excluding carboxylic acids is 2. The second-order valence-electron chi connectivity index (χ2n) is 6.20. The van der Waals surface area contributed by atoms with Crippen LogP contribution in [-0.4, -0.2) is 68.0 Å². The van der Waals surface area contributed by atoms with Gasteiger partial charge in [0.1, 0.15) is 6.33 Å². The molecule has 138 valence electrons. The van der Waals surface area contributed by atoms with E-state index in [1.54, 1.807) is 21.9 Å². The maximum atomic E-state index is 13.2. The van der Waals surface area contributed by atoms with E-state index in [1.807, 2.05) is 30.3 Å². The molecular formula is C18H18N6O3. The molecule has 0 spiro atoms. The highest BCUT2D eigenvalue weighted by atomic mass is 16.3. The van der Waals surface area contributed by atoms with Crippen LogP contribution in [0.5, 0.6) is 0 Å². The number of amides is 2. The predicted molar refractivity (Wildman–Crippen MR) is 93.6 cm³/mol. The van der Waals surface area contributed by atoms with Gasteiger partial charge in [-0.1, -0.05) is 30.3 Å². The Morgan fingerprint density at radius 2 is 1.70 bits per heavy atom. The molecule has 0 radical (unpaired) electrons. The van der Waals surface area contributed by atoms with E-state index in [9.17, 15) is 9.59 Å².